The van der Waals surface area contributed by atoms with Crippen LogP contribution < -0.4 is 10.3 Å². The van der Waals surface area contributed by atoms with Crippen LogP contribution in [-0.2, 0) is 0 Å². The summed E-state index contributed by atoms with van der Waals surface area (Å²) in [5.41, 5.74) is 5.39. The molecule has 2 rings (SSSR count). The van der Waals surface area contributed by atoms with E-state index in [0.29, 0.717) is 0 Å². The molecule has 18 heavy (non-hydrogen) atoms. The second-order valence-corrected chi connectivity index (χ2v) is 4.24. The van der Waals surface area contributed by atoms with E-state index in [1.165, 1.54) is 17.5 Å². The summed E-state index contributed by atoms with van der Waals surface area (Å²) in [6.07, 6.45) is 2.30. The Morgan fingerprint density at radius 1 is 0.889 bits per heavy atom. The molecule has 0 amide bonds. The van der Waals surface area contributed by atoms with Crippen LogP contribution in [0, 0.1) is 0 Å². The maximum absolute atomic E-state index is 5.45. The third-order valence-corrected chi connectivity index (χ3v) is 2.78. The van der Waals surface area contributed by atoms with Crippen LogP contribution in [0.1, 0.15) is 19.8 Å². The van der Waals surface area contributed by atoms with Crippen LogP contribution in [0.5, 0.6) is 5.75 Å². The van der Waals surface area contributed by atoms with E-state index in [2.05, 4.69) is 36.7 Å². The quantitative estimate of drug-likeness (QED) is 0.609. The van der Waals surface area contributed by atoms with Crippen molar-refractivity contribution in [1.82, 2.24) is 5.48 Å². The molecule has 0 bridgehead atoms. The normalized spacial score (nSPS) is 10.3. The third-order valence-electron chi connectivity index (χ3n) is 2.78. The molecule has 0 fully saturated rings. The number of hydroxylamine groups is 1. The molecule has 0 heterocycles. The van der Waals surface area contributed by atoms with Crippen molar-refractivity contribution >= 4 is 0 Å². The molecule has 2 aromatic rings. The summed E-state index contributed by atoms with van der Waals surface area (Å²) < 4.78 is 0. The monoisotopic (exact) mass is 241 g/mol. The van der Waals surface area contributed by atoms with E-state index < -0.39 is 0 Å². The average Bonchev–Trinajstić information content (AvgIpc) is 2.45. The summed E-state index contributed by atoms with van der Waals surface area (Å²) >= 11 is 0. The van der Waals surface area contributed by atoms with Crippen molar-refractivity contribution in [2.45, 2.75) is 19.8 Å². The van der Waals surface area contributed by atoms with Crippen LogP contribution in [0.2, 0.25) is 0 Å². The highest BCUT2D eigenvalue weighted by molar-refractivity contribution is 5.63. The Kier molecular flexibility index (Phi) is 4.79. The van der Waals surface area contributed by atoms with Gasteiger partial charge >= 0.3 is 0 Å². The Morgan fingerprint density at radius 2 is 1.56 bits per heavy atom. The largest absolute Gasteiger partial charge is 0.409 e. The molecule has 0 aliphatic rings. The molecule has 0 spiro atoms. The number of benzene rings is 2. The SMILES string of the molecule is CCCCNOc1ccc(-c2ccccc2)cc1. The average molecular weight is 241 g/mol. The first-order chi connectivity index (χ1) is 8.90. The van der Waals surface area contributed by atoms with Gasteiger partial charge in [-0.25, -0.2) is 0 Å². The van der Waals surface area contributed by atoms with Crippen molar-refractivity contribution < 1.29 is 4.84 Å². The van der Waals surface area contributed by atoms with Crippen molar-refractivity contribution in [3.8, 4) is 16.9 Å². The molecule has 0 radical (unpaired) electrons. The van der Waals surface area contributed by atoms with Crippen molar-refractivity contribution in [2.75, 3.05) is 6.54 Å². The van der Waals surface area contributed by atoms with Gasteiger partial charge in [-0.3, -0.25) is 0 Å². The summed E-state index contributed by atoms with van der Waals surface area (Å²) in [6.45, 7) is 3.05. The lowest BCUT2D eigenvalue weighted by Crippen LogP contribution is -2.19. The fraction of sp³-hybridized carbons (Fsp3) is 0.250. The van der Waals surface area contributed by atoms with Gasteiger partial charge in [0.1, 0.15) is 5.75 Å². The number of hydrogen-bond donors (Lipinski definition) is 1. The molecule has 0 saturated carbocycles. The lowest BCUT2D eigenvalue weighted by atomic mass is 10.1. The topological polar surface area (TPSA) is 21.3 Å². The molecular weight excluding hydrogens is 222 g/mol. The first-order valence-corrected chi connectivity index (χ1v) is 6.45. The maximum atomic E-state index is 5.45. The minimum absolute atomic E-state index is 0.853. The van der Waals surface area contributed by atoms with Gasteiger partial charge in [-0.05, 0) is 29.7 Å². The predicted octanol–water partition coefficient (Wildman–Crippen LogP) is 4.04. The summed E-state index contributed by atoms with van der Waals surface area (Å²) in [4.78, 5) is 5.45. The lowest BCUT2D eigenvalue weighted by molar-refractivity contribution is 0.194. The van der Waals surface area contributed by atoms with Crippen LogP contribution in [-0.4, -0.2) is 6.54 Å². The van der Waals surface area contributed by atoms with E-state index >= 15 is 0 Å². The minimum atomic E-state index is 0.853. The Morgan fingerprint density at radius 3 is 2.22 bits per heavy atom. The molecule has 0 saturated heterocycles. The van der Waals surface area contributed by atoms with E-state index in [1.54, 1.807) is 0 Å². The molecule has 2 heteroatoms. The maximum Gasteiger partial charge on any atom is 0.147 e. The van der Waals surface area contributed by atoms with Gasteiger partial charge in [0.25, 0.3) is 0 Å². The van der Waals surface area contributed by atoms with Crippen molar-refractivity contribution in [2.24, 2.45) is 0 Å². The smallest absolute Gasteiger partial charge is 0.147 e. The van der Waals surface area contributed by atoms with E-state index in [9.17, 15) is 0 Å². The Bertz CT molecular complexity index is 450. The standard InChI is InChI=1S/C16H19NO/c1-2-3-13-17-18-16-11-9-15(10-12-16)14-7-5-4-6-8-14/h4-12,17H,2-3,13H2,1H3. The number of unbranched alkanes of at least 4 members (excludes halogenated alkanes) is 1. The number of rotatable bonds is 6. The van der Waals surface area contributed by atoms with Gasteiger partial charge in [0.05, 0.1) is 0 Å². The highest BCUT2D eigenvalue weighted by Crippen LogP contribution is 2.21. The second kappa shape index (κ2) is 6.82. The van der Waals surface area contributed by atoms with Gasteiger partial charge in [-0.2, -0.15) is 5.48 Å². The summed E-state index contributed by atoms with van der Waals surface area (Å²) in [5, 5.41) is 0. The first-order valence-electron chi connectivity index (χ1n) is 6.45. The fourth-order valence-electron chi connectivity index (χ4n) is 1.73. The van der Waals surface area contributed by atoms with Gasteiger partial charge in [-0.15, -0.1) is 0 Å². The molecule has 2 nitrogen and oxygen atoms in total. The zero-order valence-corrected chi connectivity index (χ0v) is 10.7. The molecule has 0 unspecified atom stereocenters. The van der Waals surface area contributed by atoms with E-state index in [-0.39, 0.29) is 0 Å². The third kappa shape index (κ3) is 3.60. The summed E-state index contributed by atoms with van der Waals surface area (Å²) in [5.74, 6) is 0.853. The van der Waals surface area contributed by atoms with Crippen molar-refractivity contribution in [3.05, 3.63) is 54.6 Å². The van der Waals surface area contributed by atoms with Crippen LogP contribution >= 0.6 is 0 Å². The number of hydrogen-bond acceptors (Lipinski definition) is 2. The van der Waals surface area contributed by atoms with Gasteiger partial charge in [0, 0.05) is 6.54 Å². The Hall–Kier alpha value is -1.80. The zero-order chi connectivity index (χ0) is 12.6. The van der Waals surface area contributed by atoms with Gasteiger partial charge in [0.15, 0.2) is 0 Å². The van der Waals surface area contributed by atoms with Crippen LogP contribution in [0.25, 0.3) is 11.1 Å². The molecule has 94 valence electrons. The predicted molar refractivity (Wildman–Crippen MR) is 75.4 cm³/mol. The summed E-state index contributed by atoms with van der Waals surface area (Å²) in [7, 11) is 0. The number of nitrogens with one attached hydrogen (secondary N) is 1. The van der Waals surface area contributed by atoms with E-state index in [0.717, 1.165) is 18.7 Å². The molecule has 0 aromatic heterocycles. The lowest BCUT2D eigenvalue weighted by Gasteiger charge is -2.07. The fourth-order valence-corrected chi connectivity index (χ4v) is 1.73. The first kappa shape index (κ1) is 12.7. The van der Waals surface area contributed by atoms with Crippen molar-refractivity contribution in [3.63, 3.8) is 0 Å². The van der Waals surface area contributed by atoms with Crippen LogP contribution in [0.3, 0.4) is 0 Å². The molecule has 0 aliphatic carbocycles. The molecule has 1 N–H and O–H groups in total. The highest BCUT2D eigenvalue weighted by atomic mass is 16.6. The zero-order valence-electron chi connectivity index (χ0n) is 10.7. The van der Waals surface area contributed by atoms with E-state index in [1.807, 2.05) is 30.3 Å². The molecular formula is C16H19NO. The van der Waals surface area contributed by atoms with Crippen LogP contribution in [0.15, 0.2) is 54.6 Å². The van der Waals surface area contributed by atoms with E-state index in [4.69, 9.17) is 4.84 Å². The summed E-state index contributed by atoms with van der Waals surface area (Å²) in [6, 6.07) is 18.5. The molecule has 2 aromatic carbocycles. The second-order valence-electron chi connectivity index (χ2n) is 4.24. The highest BCUT2D eigenvalue weighted by Gasteiger charge is 1.97. The van der Waals surface area contributed by atoms with Crippen LogP contribution in [0.4, 0.5) is 0 Å². The van der Waals surface area contributed by atoms with Gasteiger partial charge in [0.2, 0.25) is 0 Å². The van der Waals surface area contributed by atoms with Gasteiger partial charge < -0.3 is 4.84 Å². The Balaban J connectivity index is 1.94. The minimum Gasteiger partial charge on any atom is -0.409 e. The van der Waals surface area contributed by atoms with Gasteiger partial charge in [-0.1, -0.05) is 55.8 Å². The molecule has 0 aliphatic heterocycles. The Labute approximate surface area is 109 Å². The molecule has 0 atom stereocenters. The van der Waals surface area contributed by atoms with Crippen molar-refractivity contribution in [1.29, 1.82) is 0 Å².